The molecule has 0 spiro atoms. The number of hydrogen-bond acceptors (Lipinski definition) is 3. The van der Waals surface area contributed by atoms with Gasteiger partial charge in [-0.05, 0) is 61.2 Å². The molecule has 1 N–H and O–H groups in total. The van der Waals surface area contributed by atoms with Gasteiger partial charge in [0.2, 0.25) is 11.8 Å². The van der Waals surface area contributed by atoms with Crippen LogP contribution < -0.4 is 5.32 Å². The SMILES string of the molecule is CC[C@@H](C(=O)NC1CCCCC1)N(Cc1ccc(Cl)cc1Cl)C(=O)CCSc1ccc(Cl)cc1. The normalized spacial score (nSPS) is 15.1. The Balaban J connectivity index is 1.72. The summed E-state index contributed by atoms with van der Waals surface area (Å²) in [5.41, 5.74) is 0.772. The smallest absolute Gasteiger partial charge is 0.243 e. The number of amides is 2. The average molecular weight is 542 g/mol. The highest BCUT2D eigenvalue weighted by atomic mass is 35.5. The lowest BCUT2D eigenvalue weighted by molar-refractivity contribution is -0.141. The zero-order chi connectivity index (χ0) is 24.5. The summed E-state index contributed by atoms with van der Waals surface area (Å²) in [7, 11) is 0. The summed E-state index contributed by atoms with van der Waals surface area (Å²) in [6.45, 7) is 2.20. The van der Waals surface area contributed by atoms with Crippen molar-refractivity contribution in [3.63, 3.8) is 0 Å². The third-order valence-corrected chi connectivity index (χ3v) is 7.94. The minimum absolute atomic E-state index is 0.0712. The van der Waals surface area contributed by atoms with Crippen LogP contribution >= 0.6 is 46.6 Å². The van der Waals surface area contributed by atoms with Gasteiger partial charge in [-0.3, -0.25) is 9.59 Å². The summed E-state index contributed by atoms with van der Waals surface area (Å²) in [6.07, 6.45) is 6.31. The molecule has 184 valence electrons. The van der Waals surface area contributed by atoms with Crippen LogP contribution in [-0.4, -0.2) is 34.6 Å². The molecule has 1 saturated carbocycles. The van der Waals surface area contributed by atoms with E-state index in [1.165, 1.54) is 6.42 Å². The van der Waals surface area contributed by atoms with Crippen molar-refractivity contribution in [3.8, 4) is 0 Å². The van der Waals surface area contributed by atoms with Gasteiger partial charge in [-0.25, -0.2) is 0 Å². The van der Waals surface area contributed by atoms with E-state index in [4.69, 9.17) is 34.8 Å². The van der Waals surface area contributed by atoms with Gasteiger partial charge < -0.3 is 10.2 Å². The zero-order valence-corrected chi connectivity index (χ0v) is 22.5. The van der Waals surface area contributed by atoms with Crippen LogP contribution in [0.2, 0.25) is 15.1 Å². The molecule has 34 heavy (non-hydrogen) atoms. The molecule has 2 aromatic carbocycles. The highest BCUT2D eigenvalue weighted by Gasteiger charge is 2.30. The van der Waals surface area contributed by atoms with E-state index >= 15 is 0 Å². The van der Waals surface area contributed by atoms with Gasteiger partial charge in [0.25, 0.3) is 0 Å². The lowest BCUT2D eigenvalue weighted by atomic mass is 9.95. The quantitative estimate of drug-likeness (QED) is 0.319. The van der Waals surface area contributed by atoms with Gasteiger partial charge in [0.05, 0.1) is 0 Å². The Morgan fingerprint density at radius 2 is 1.71 bits per heavy atom. The monoisotopic (exact) mass is 540 g/mol. The first-order valence-corrected chi connectivity index (χ1v) is 13.9. The lowest BCUT2D eigenvalue weighted by Crippen LogP contribution is -2.51. The number of halogens is 3. The number of carbonyl (C=O) groups is 2. The van der Waals surface area contributed by atoms with E-state index < -0.39 is 6.04 Å². The maximum Gasteiger partial charge on any atom is 0.243 e. The summed E-state index contributed by atoms with van der Waals surface area (Å²) in [6, 6.07) is 12.4. The standard InChI is InChI=1S/C26H31Cl3N2O2S/c1-2-24(26(33)30-21-6-4-3-5-7-21)31(17-18-8-9-20(28)16-23(18)29)25(32)14-15-34-22-12-10-19(27)11-13-22/h8-13,16,21,24H,2-7,14-15,17H2,1H3,(H,30,33)/t24-/m0/s1. The van der Waals surface area contributed by atoms with Crippen LogP contribution in [0, 0.1) is 0 Å². The molecule has 8 heteroatoms. The van der Waals surface area contributed by atoms with Crippen LogP contribution in [0.5, 0.6) is 0 Å². The fourth-order valence-corrected chi connectivity index (χ4v) is 5.66. The van der Waals surface area contributed by atoms with Gasteiger partial charge >= 0.3 is 0 Å². The maximum atomic E-state index is 13.4. The van der Waals surface area contributed by atoms with Crippen molar-refractivity contribution in [2.75, 3.05) is 5.75 Å². The van der Waals surface area contributed by atoms with Crippen molar-refractivity contribution in [2.24, 2.45) is 0 Å². The summed E-state index contributed by atoms with van der Waals surface area (Å²) in [5, 5.41) is 4.90. The average Bonchev–Trinajstić information content (AvgIpc) is 2.82. The Labute approximate surface area is 221 Å². The van der Waals surface area contributed by atoms with Crippen LogP contribution in [0.3, 0.4) is 0 Å². The summed E-state index contributed by atoms with van der Waals surface area (Å²) in [5.74, 6) is 0.447. The van der Waals surface area contributed by atoms with Crippen LogP contribution in [0.15, 0.2) is 47.4 Å². The van der Waals surface area contributed by atoms with Gasteiger partial charge in [0.15, 0.2) is 0 Å². The first-order chi connectivity index (χ1) is 16.4. The molecule has 0 unspecified atom stereocenters. The second-order valence-electron chi connectivity index (χ2n) is 8.58. The Bertz CT molecular complexity index is 965. The molecule has 0 aromatic heterocycles. The first kappa shape index (κ1) is 27.2. The van der Waals surface area contributed by atoms with E-state index in [0.29, 0.717) is 33.7 Å². The largest absolute Gasteiger partial charge is 0.352 e. The summed E-state index contributed by atoms with van der Waals surface area (Å²) in [4.78, 5) is 29.4. The predicted molar refractivity (Wildman–Crippen MR) is 143 cm³/mol. The number of nitrogens with one attached hydrogen (secondary N) is 1. The van der Waals surface area contributed by atoms with Crippen LogP contribution in [0.25, 0.3) is 0 Å². The molecule has 0 bridgehead atoms. The summed E-state index contributed by atoms with van der Waals surface area (Å²) >= 11 is 20.0. The molecule has 3 rings (SSSR count). The molecule has 1 aliphatic carbocycles. The molecular weight excluding hydrogens is 511 g/mol. The van der Waals surface area contributed by atoms with Gasteiger partial charge in [-0.1, -0.05) is 67.1 Å². The second-order valence-corrected chi connectivity index (χ2v) is 11.0. The van der Waals surface area contributed by atoms with E-state index in [9.17, 15) is 9.59 Å². The van der Waals surface area contributed by atoms with Gasteiger partial charge in [-0.2, -0.15) is 0 Å². The minimum Gasteiger partial charge on any atom is -0.352 e. The fourth-order valence-electron chi connectivity index (χ4n) is 4.23. The van der Waals surface area contributed by atoms with Gasteiger partial charge in [-0.15, -0.1) is 11.8 Å². The number of thioether (sulfide) groups is 1. The van der Waals surface area contributed by atoms with Crippen LogP contribution in [-0.2, 0) is 16.1 Å². The molecule has 0 radical (unpaired) electrons. The Morgan fingerprint density at radius 1 is 1.03 bits per heavy atom. The highest BCUT2D eigenvalue weighted by molar-refractivity contribution is 7.99. The van der Waals surface area contributed by atoms with Crippen molar-refractivity contribution < 1.29 is 9.59 Å². The number of rotatable bonds is 10. The number of carbonyl (C=O) groups excluding carboxylic acids is 2. The first-order valence-electron chi connectivity index (χ1n) is 11.8. The molecule has 1 atom stereocenters. The second kappa shape index (κ2) is 13.6. The molecule has 1 fully saturated rings. The molecule has 4 nitrogen and oxygen atoms in total. The predicted octanol–water partition coefficient (Wildman–Crippen LogP) is 7.39. The Morgan fingerprint density at radius 3 is 2.35 bits per heavy atom. The van der Waals surface area contributed by atoms with Crippen molar-refractivity contribution >= 4 is 58.4 Å². The van der Waals surface area contributed by atoms with Crippen molar-refractivity contribution in [3.05, 3.63) is 63.1 Å². The Hall–Kier alpha value is -1.40. The zero-order valence-electron chi connectivity index (χ0n) is 19.4. The van der Waals surface area contributed by atoms with Crippen LogP contribution in [0.1, 0.15) is 57.4 Å². The number of nitrogens with zero attached hydrogens (tertiary/aromatic N) is 1. The molecule has 0 aliphatic heterocycles. The van der Waals surface area contributed by atoms with Crippen molar-refractivity contribution in [1.29, 1.82) is 0 Å². The molecule has 0 saturated heterocycles. The number of hydrogen-bond donors (Lipinski definition) is 1. The van der Waals surface area contributed by atoms with E-state index in [0.717, 1.165) is 36.1 Å². The topological polar surface area (TPSA) is 49.4 Å². The van der Waals surface area contributed by atoms with E-state index in [-0.39, 0.29) is 24.4 Å². The Kier molecular flexibility index (Phi) is 10.9. The fraction of sp³-hybridized carbons (Fsp3) is 0.462. The molecule has 0 heterocycles. The molecule has 2 amide bonds. The number of benzene rings is 2. The third-order valence-electron chi connectivity index (χ3n) is 6.09. The van der Waals surface area contributed by atoms with Gasteiger partial charge in [0, 0.05) is 44.7 Å². The van der Waals surface area contributed by atoms with Crippen molar-refractivity contribution in [2.45, 2.75) is 75.4 Å². The third kappa shape index (κ3) is 8.08. The van der Waals surface area contributed by atoms with Gasteiger partial charge in [0.1, 0.15) is 6.04 Å². The minimum atomic E-state index is -0.554. The van der Waals surface area contributed by atoms with E-state index in [1.807, 2.05) is 37.3 Å². The maximum absolute atomic E-state index is 13.4. The molecular formula is C26H31Cl3N2O2S. The summed E-state index contributed by atoms with van der Waals surface area (Å²) < 4.78 is 0. The van der Waals surface area contributed by atoms with Crippen LogP contribution in [0.4, 0.5) is 0 Å². The molecule has 2 aromatic rings. The highest BCUT2D eigenvalue weighted by Crippen LogP contribution is 2.26. The van der Waals surface area contributed by atoms with E-state index in [1.54, 1.807) is 28.8 Å². The van der Waals surface area contributed by atoms with Crippen molar-refractivity contribution in [1.82, 2.24) is 10.2 Å². The van der Waals surface area contributed by atoms with E-state index in [2.05, 4.69) is 5.32 Å². The molecule has 1 aliphatic rings. The lowest BCUT2D eigenvalue weighted by Gasteiger charge is -2.33.